The number of hydrazone groups is 1. The second-order valence-corrected chi connectivity index (χ2v) is 7.29. The predicted octanol–water partition coefficient (Wildman–Crippen LogP) is 2.45. The number of anilines is 1. The van der Waals surface area contributed by atoms with Crippen molar-refractivity contribution in [2.24, 2.45) is 22.6 Å². The molecular weight excluding hydrogens is 366 g/mol. The minimum Gasteiger partial charge on any atom is -0.497 e. The van der Waals surface area contributed by atoms with Crippen LogP contribution in [0.15, 0.2) is 35.6 Å². The molecule has 5 N–H and O–H groups in total. The third-order valence-electron chi connectivity index (χ3n) is 5.36. The molecule has 0 amide bonds. The minimum atomic E-state index is 0.225. The van der Waals surface area contributed by atoms with Gasteiger partial charge in [0.25, 0.3) is 0 Å². The van der Waals surface area contributed by atoms with Crippen LogP contribution < -0.4 is 26.7 Å². The van der Waals surface area contributed by atoms with E-state index in [1.165, 1.54) is 0 Å². The highest BCUT2D eigenvalue weighted by Crippen LogP contribution is 2.31. The number of aryl methyl sites for hydroxylation is 1. The number of hydrogen-bond donors (Lipinski definition) is 3. The summed E-state index contributed by atoms with van der Waals surface area (Å²) in [6, 6.07) is 7.97. The lowest BCUT2D eigenvalue weighted by atomic mass is 9.95. The Bertz CT molecular complexity index is 814. The highest BCUT2D eigenvalue weighted by Gasteiger charge is 2.25. The summed E-state index contributed by atoms with van der Waals surface area (Å²) in [4.78, 5) is 12.1. The van der Waals surface area contributed by atoms with E-state index >= 15 is 0 Å². The maximum Gasteiger partial charge on any atom is 0.155 e. The highest BCUT2D eigenvalue weighted by molar-refractivity contribution is 5.83. The number of amidine groups is 1. The van der Waals surface area contributed by atoms with Crippen LogP contribution in [0.25, 0.3) is 11.3 Å². The van der Waals surface area contributed by atoms with Gasteiger partial charge in [0, 0.05) is 30.8 Å². The van der Waals surface area contributed by atoms with E-state index in [4.69, 9.17) is 26.3 Å². The number of nitrogens with two attached hydrogens (primary N) is 2. The van der Waals surface area contributed by atoms with Gasteiger partial charge in [0.1, 0.15) is 17.3 Å². The molecule has 8 nitrogen and oxygen atoms in total. The Hall–Kier alpha value is -2.87. The van der Waals surface area contributed by atoms with E-state index in [9.17, 15) is 0 Å². The minimum absolute atomic E-state index is 0.225. The molecule has 1 aliphatic heterocycles. The van der Waals surface area contributed by atoms with Crippen LogP contribution in [0.4, 0.5) is 5.82 Å². The summed E-state index contributed by atoms with van der Waals surface area (Å²) in [5.74, 6) is 7.81. The van der Waals surface area contributed by atoms with Gasteiger partial charge in [-0.25, -0.2) is 16.4 Å². The summed E-state index contributed by atoms with van der Waals surface area (Å²) in [5.41, 5.74) is 11.3. The van der Waals surface area contributed by atoms with Gasteiger partial charge in [-0.05, 0) is 49.9 Å². The zero-order valence-corrected chi connectivity index (χ0v) is 17.3. The van der Waals surface area contributed by atoms with E-state index in [-0.39, 0.29) is 5.92 Å². The molecule has 0 saturated carbocycles. The molecule has 29 heavy (non-hydrogen) atoms. The Morgan fingerprint density at radius 1 is 1.28 bits per heavy atom. The quantitative estimate of drug-likeness (QED) is 0.271. The van der Waals surface area contributed by atoms with Crippen LogP contribution in [0.5, 0.6) is 5.75 Å². The first-order chi connectivity index (χ1) is 14.2. The summed E-state index contributed by atoms with van der Waals surface area (Å²) >= 11 is 0. The van der Waals surface area contributed by atoms with Crippen molar-refractivity contribution < 1.29 is 4.74 Å². The second-order valence-electron chi connectivity index (χ2n) is 7.29. The van der Waals surface area contributed by atoms with Crippen LogP contribution in [0.1, 0.15) is 38.3 Å². The molecule has 0 bridgehead atoms. The average Bonchev–Trinajstić information content (AvgIpc) is 2.78. The molecule has 8 heteroatoms. The molecule has 1 aromatic heterocycles. The van der Waals surface area contributed by atoms with Crippen molar-refractivity contribution in [2.75, 3.05) is 25.1 Å². The highest BCUT2D eigenvalue weighted by atomic mass is 16.5. The molecule has 1 saturated heterocycles. The lowest BCUT2D eigenvalue weighted by Gasteiger charge is -2.33. The van der Waals surface area contributed by atoms with Crippen LogP contribution in [0.2, 0.25) is 0 Å². The largest absolute Gasteiger partial charge is 0.497 e. The van der Waals surface area contributed by atoms with Gasteiger partial charge in [0.05, 0.1) is 12.8 Å². The number of nitrogens with zero attached hydrogens (tertiary/aromatic N) is 4. The summed E-state index contributed by atoms with van der Waals surface area (Å²) in [6.45, 7) is 3.88. The number of rotatable bonds is 8. The van der Waals surface area contributed by atoms with Crippen molar-refractivity contribution >= 4 is 11.7 Å². The van der Waals surface area contributed by atoms with E-state index in [1.54, 1.807) is 7.11 Å². The molecule has 2 heterocycles. The summed E-state index contributed by atoms with van der Waals surface area (Å²) < 4.78 is 5.29. The number of unbranched alkanes of at least 4 members (excludes halogenated alkanes) is 1. The van der Waals surface area contributed by atoms with E-state index < -0.39 is 0 Å². The molecule has 1 fully saturated rings. The van der Waals surface area contributed by atoms with Gasteiger partial charge in [-0.1, -0.05) is 13.3 Å². The molecule has 2 aromatic rings. The molecule has 1 aromatic carbocycles. The number of methoxy groups -OCH3 is 1. The van der Waals surface area contributed by atoms with Crippen LogP contribution in [-0.2, 0) is 6.42 Å². The maximum atomic E-state index is 6.02. The Kier molecular flexibility index (Phi) is 7.24. The van der Waals surface area contributed by atoms with Gasteiger partial charge in [0.2, 0.25) is 0 Å². The van der Waals surface area contributed by atoms with E-state index in [0.29, 0.717) is 5.84 Å². The lowest BCUT2D eigenvalue weighted by molar-refractivity contribution is 0.415. The fraction of sp³-hybridized carbons (Fsp3) is 0.476. The first-order valence-corrected chi connectivity index (χ1v) is 10.2. The van der Waals surface area contributed by atoms with Gasteiger partial charge in [-0.3, -0.25) is 4.98 Å². The van der Waals surface area contributed by atoms with Crippen LogP contribution >= 0.6 is 0 Å². The Morgan fingerprint density at radius 2 is 2.00 bits per heavy atom. The van der Waals surface area contributed by atoms with Gasteiger partial charge in [-0.2, -0.15) is 5.10 Å². The van der Waals surface area contributed by atoms with Gasteiger partial charge < -0.3 is 15.4 Å². The normalized spacial score (nSPS) is 15.4. The second kappa shape index (κ2) is 10.1. The topological polar surface area (TPSA) is 115 Å². The number of hydrogen-bond acceptors (Lipinski definition) is 7. The number of nitrogens with one attached hydrogen (secondary N) is 1. The summed E-state index contributed by atoms with van der Waals surface area (Å²) in [6.07, 6.45) is 6.90. The zero-order chi connectivity index (χ0) is 20.6. The lowest BCUT2D eigenvalue weighted by Crippen LogP contribution is -2.40. The molecule has 0 atom stereocenters. The van der Waals surface area contributed by atoms with Crippen molar-refractivity contribution in [3.63, 3.8) is 0 Å². The van der Waals surface area contributed by atoms with Crippen molar-refractivity contribution in [3.8, 4) is 17.0 Å². The van der Waals surface area contributed by atoms with Crippen molar-refractivity contribution in [3.05, 3.63) is 36.2 Å². The van der Waals surface area contributed by atoms with Crippen LogP contribution in [-0.4, -0.2) is 36.0 Å². The standard InChI is InChI=1S/C21H31N7O/c1-3-4-5-17-14-24-19(15-6-8-18(29-2)9-7-15)21(25-17)28-12-10-16(11-13-28)20(22)26-27-23/h6-9,14,16,27H,3-5,10-13,23H2,1-2H3,(H2,22,26). The number of hydrazine groups is 1. The third kappa shape index (κ3) is 5.14. The number of aromatic nitrogens is 2. The molecule has 0 spiro atoms. The SMILES string of the molecule is CCCCc1cnc(-c2ccc(OC)cc2)c(N2CCC(/C(N)=N/NN)CC2)n1. The monoisotopic (exact) mass is 397 g/mol. The first-order valence-electron chi connectivity index (χ1n) is 10.2. The summed E-state index contributed by atoms with van der Waals surface area (Å²) in [5, 5.41) is 3.94. The van der Waals surface area contributed by atoms with E-state index in [2.05, 4.69) is 22.5 Å². The van der Waals surface area contributed by atoms with E-state index in [1.807, 2.05) is 30.5 Å². The number of piperidine rings is 1. The van der Waals surface area contributed by atoms with Crippen molar-refractivity contribution in [1.29, 1.82) is 0 Å². The molecule has 0 aliphatic carbocycles. The molecule has 0 unspecified atom stereocenters. The van der Waals surface area contributed by atoms with Gasteiger partial charge >= 0.3 is 0 Å². The molecule has 3 rings (SSSR count). The zero-order valence-electron chi connectivity index (χ0n) is 17.3. The fourth-order valence-electron chi connectivity index (χ4n) is 3.62. The van der Waals surface area contributed by atoms with E-state index in [0.717, 1.165) is 73.7 Å². The number of benzene rings is 1. The fourth-order valence-corrected chi connectivity index (χ4v) is 3.62. The van der Waals surface area contributed by atoms with Crippen molar-refractivity contribution in [2.45, 2.75) is 39.0 Å². The molecule has 0 radical (unpaired) electrons. The summed E-state index contributed by atoms with van der Waals surface area (Å²) in [7, 11) is 1.67. The Morgan fingerprint density at radius 3 is 2.62 bits per heavy atom. The smallest absolute Gasteiger partial charge is 0.155 e. The average molecular weight is 398 g/mol. The van der Waals surface area contributed by atoms with Crippen LogP contribution in [0, 0.1) is 5.92 Å². The first kappa shape index (κ1) is 20.9. The van der Waals surface area contributed by atoms with Crippen LogP contribution in [0.3, 0.4) is 0 Å². The van der Waals surface area contributed by atoms with Gasteiger partial charge in [-0.15, -0.1) is 0 Å². The Labute approximate surface area is 172 Å². The molecule has 156 valence electrons. The Balaban J connectivity index is 1.87. The molecule has 1 aliphatic rings. The third-order valence-corrected chi connectivity index (χ3v) is 5.36. The molecular formula is C21H31N7O. The number of ether oxygens (including phenoxy) is 1. The predicted molar refractivity (Wildman–Crippen MR) is 117 cm³/mol. The van der Waals surface area contributed by atoms with Gasteiger partial charge in [0.15, 0.2) is 5.82 Å². The van der Waals surface area contributed by atoms with Crippen molar-refractivity contribution in [1.82, 2.24) is 15.5 Å². The maximum absolute atomic E-state index is 6.02.